The van der Waals surface area contributed by atoms with Gasteiger partial charge < -0.3 is 20.9 Å². The summed E-state index contributed by atoms with van der Waals surface area (Å²) in [7, 11) is 0. The number of carbonyl (C=O) groups is 2. The standard InChI is InChI=1S/2C15H13NO2/c2*16-15(17)18-9-14-12-7-3-1-5-10(12)11-6-2-4-8-13(11)14/h2*1-8,14H,9H2,(H2,16,17). The van der Waals surface area contributed by atoms with Crippen LogP contribution in [0.4, 0.5) is 9.59 Å². The Morgan fingerprint density at radius 3 is 1.00 bits per heavy atom. The lowest BCUT2D eigenvalue weighted by atomic mass is 9.98. The number of benzene rings is 4. The molecule has 0 bridgehead atoms. The second kappa shape index (κ2) is 9.96. The van der Waals surface area contributed by atoms with Crippen LogP contribution in [0.2, 0.25) is 0 Å². The predicted molar refractivity (Wildman–Crippen MR) is 139 cm³/mol. The third kappa shape index (κ3) is 4.41. The van der Waals surface area contributed by atoms with E-state index in [9.17, 15) is 9.59 Å². The van der Waals surface area contributed by atoms with Crippen molar-refractivity contribution in [2.24, 2.45) is 11.5 Å². The van der Waals surface area contributed by atoms with Crippen molar-refractivity contribution in [1.29, 1.82) is 0 Å². The zero-order valence-electron chi connectivity index (χ0n) is 19.6. The zero-order valence-corrected chi connectivity index (χ0v) is 19.6. The molecule has 0 saturated heterocycles. The molecule has 4 N–H and O–H groups in total. The summed E-state index contributed by atoms with van der Waals surface area (Å²) in [6.45, 7) is 0.590. The molecule has 0 heterocycles. The molecule has 0 unspecified atom stereocenters. The summed E-state index contributed by atoms with van der Waals surface area (Å²) < 4.78 is 9.96. The van der Waals surface area contributed by atoms with E-state index < -0.39 is 12.2 Å². The van der Waals surface area contributed by atoms with Crippen LogP contribution in [-0.4, -0.2) is 25.4 Å². The molecule has 180 valence electrons. The monoisotopic (exact) mass is 478 g/mol. The molecule has 6 rings (SSSR count). The van der Waals surface area contributed by atoms with Crippen molar-refractivity contribution in [1.82, 2.24) is 0 Å². The van der Waals surface area contributed by atoms with Gasteiger partial charge in [0, 0.05) is 11.8 Å². The van der Waals surface area contributed by atoms with Crippen LogP contribution in [0.3, 0.4) is 0 Å². The number of hydrogen-bond acceptors (Lipinski definition) is 4. The van der Waals surface area contributed by atoms with E-state index in [0.717, 1.165) is 0 Å². The smallest absolute Gasteiger partial charge is 0.404 e. The highest BCUT2D eigenvalue weighted by Gasteiger charge is 2.29. The minimum Gasteiger partial charge on any atom is -0.449 e. The van der Waals surface area contributed by atoms with Gasteiger partial charge in [0.15, 0.2) is 0 Å². The highest BCUT2D eigenvalue weighted by molar-refractivity contribution is 5.80. The van der Waals surface area contributed by atoms with Crippen LogP contribution in [0, 0.1) is 0 Å². The van der Waals surface area contributed by atoms with E-state index in [4.69, 9.17) is 20.9 Å². The summed E-state index contributed by atoms with van der Waals surface area (Å²) in [6, 6.07) is 32.8. The first-order valence-corrected chi connectivity index (χ1v) is 11.8. The fourth-order valence-electron chi connectivity index (χ4n) is 5.21. The van der Waals surface area contributed by atoms with Crippen LogP contribution in [0.1, 0.15) is 34.1 Å². The Labute approximate surface area is 209 Å². The topological polar surface area (TPSA) is 105 Å². The summed E-state index contributed by atoms with van der Waals surface area (Å²) in [5.41, 5.74) is 19.7. The number of nitrogens with two attached hydrogens (primary N) is 2. The quantitative estimate of drug-likeness (QED) is 0.387. The molecule has 4 aromatic carbocycles. The fraction of sp³-hybridized carbons (Fsp3) is 0.133. The average Bonchev–Trinajstić information content (AvgIpc) is 3.39. The van der Waals surface area contributed by atoms with E-state index in [0.29, 0.717) is 13.2 Å². The van der Waals surface area contributed by atoms with Crippen LogP contribution in [-0.2, 0) is 9.47 Å². The maximum absolute atomic E-state index is 10.8. The van der Waals surface area contributed by atoms with Gasteiger partial charge in [0.25, 0.3) is 0 Å². The lowest BCUT2D eigenvalue weighted by Gasteiger charge is -2.12. The van der Waals surface area contributed by atoms with Gasteiger partial charge in [-0.05, 0) is 44.5 Å². The first-order chi connectivity index (χ1) is 17.5. The first kappa shape index (κ1) is 23.2. The Morgan fingerprint density at radius 1 is 0.500 bits per heavy atom. The number of carbonyl (C=O) groups excluding carboxylic acids is 2. The summed E-state index contributed by atoms with van der Waals surface area (Å²) >= 11 is 0. The number of fused-ring (bicyclic) bond motifs is 6. The van der Waals surface area contributed by atoms with Gasteiger partial charge in [0.2, 0.25) is 0 Å². The Kier molecular flexibility index (Phi) is 6.41. The van der Waals surface area contributed by atoms with Gasteiger partial charge in [-0.3, -0.25) is 0 Å². The van der Waals surface area contributed by atoms with E-state index >= 15 is 0 Å². The Hall–Kier alpha value is -4.58. The van der Waals surface area contributed by atoms with Gasteiger partial charge in [0.05, 0.1) is 0 Å². The summed E-state index contributed by atoms with van der Waals surface area (Å²) in [4.78, 5) is 21.6. The molecule has 0 spiro atoms. The van der Waals surface area contributed by atoms with Crippen LogP contribution in [0.15, 0.2) is 97.1 Å². The second-order valence-corrected chi connectivity index (χ2v) is 8.71. The van der Waals surface area contributed by atoms with E-state index in [1.54, 1.807) is 0 Å². The number of rotatable bonds is 4. The minimum absolute atomic E-state index is 0.0879. The summed E-state index contributed by atoms with van der Waals surface area (Å²) in [5.74, 6) is 0.176. The van der Waals surface area contributed by atoms with E-state index in [-0.39, 0.29) is 11.8 Å². The van der Waals surface area contributed by atoms with Crippen LogP contribution >= 0.6 is 0 Å². The lowest BCUT2D eigenvalue weighted by molar-refractivity contribution is 0.152. The van der Waals surface area contributed by atoms with Crippen LogP contribution in [0.25, 0.3) is 22.3 Å². The molecule has 0 atom stereocenters. The number of primary amides is 2. The number of hydrogen-bond donors (Lipinski definition) is 2. The highest BCUT2D eigenvalue weighted by Crippen LogP contribution is 2.45. The van der Waals surface area contributed by atoms with Crippen molar-refractivity contribution in [3.8, 4) is 22.3 Å². The third-order valence-electron chi connectivity index (χ3n) is 6.71. The zero-order chi connectivity index (χ0) is 25.1. The second-order valence-electron chi connectivity index (χ2n) is 8.71. The van der Waals surface area contributed by atoms with Gasteiger partial charge in [0.1, 0.15) is 13.2 Å². The molecule has 6 heteroatoms. The van der Waals surface area contributed by atoms with Crippen molar-refractivity contribution in [3.05, 3.63) is 119 Å². The normalized spacial score (nSPS) is 12.9. The van der Waals surface area contributed by atoms with E-state index in [2.05, 4.69) is 48.5 Å². The molecule has 36 heavy (non-hydrogen) atoms. The Bertz CT molecular complexity index is 1230. The maximum Gasteiger partial charge on any atom is 0.404 e. The van der Waals surface area contributed by atoms with E-state index in [1.165, 1.54) is 44.5 Å². The molecule has 0 aromatic heterocycles. The highest BCUT2D eigenvalue weighted by atomic mass is 16.5. The minimum atomic E-state index is -0.725. The summed E-state index contributed by atoms with van der Waals surface area (Å²) in [5, 5.41) is 0. The molecule has 0 fully saturated rings. The molecule has 0 saturated carbocycles. The molecule has 2 aliphatic rings. The largest absolute Gasteiger partial charge is 0.449 e. The van der Waals surface area contributed by atoms with Crippen molar-refractivity contribution in [2.45, 2.75) is 11.8 Å². The summed E-state index contributed by atoms with van der Waals surface area (Å²) in [6.07, 6.45) is -1.45. The number of ether oxygens (including phenoxy) is 2. The molecule has 4 aromatic rings. The molecule has 0 aliphatic heterocycles. The average molecular weight is 479 g/mol. The van der Waals surface area contributed by atoms with Gasteiger partial charge in [-0.25, -0.2) is 9.59 Å². The SMILES string of the molecule is NC(=O)OCC1c2ccccc2-c2ccccc21.NC(=O)OCC1c2ccccc2-c2ccccc21. The third-order valence-corrected chi connectivity index (χ3v) is 6.71. The number of amides is 2. The van der Waals surface area contributed by atoms with Crippen LogP contribution in [0.5, 0.6) is 0 Å². The maximum atomic E-state index is 10.8. The molecular weight excluding hydrogens is 452 g/mol. The van der Waals surface area contributed by atoms with Gasteiger partial charge in [-0.1, -0.05) is 97.1 Å². The molecule has 6 nitrogen and oxygen atoms in total. The van der Waals surface area contributed by atoms with Crippen molar-refractivity contribution in [2.75, 3.05) is 13.2 Å². The van der Waals surface area contributed by atoms with Crippen LogP contribution < -0.4 is 11.5 Å². The molecule has 0 radical (unpaired) electrons. The molecule has 2 amide bonds. The fourth-order valence-corrected chi connectivity index (χ4v) is 5.21. The van der Waals surface area contributed by atoms with E-state index in [1.807, 2.05) is 48.5 Å². The Balaban J connectivity index is 0.000000148. The lowest BCUT2D eigenvalue weighted by Crippen LogP contribution is -2.17. The molecule has 2 aliphatic carbocycles. The predicted octanol–water partition coefficient (Wildman–Crippen LogP) is 5.79. The van der Waals surface area contributed by atoms with Gasteiger partial charge in [-0.15, -0.1) is 0 Å². The van der Waals surface area contributed by atoms with Gasteiger partial charge in [-0.2, -0.15) is 0 Å². The van der Waals surface area contributed by atoms with Crippen molar-refractivity contribution < 1.29 is 19.1 Å². The first-order valence-electron chi connectivity index (χ1n) is 11.8. The van der Waals surface area contributed by atoms with Crippen molar-refractivity contribution in [3.63, 3.8) is 0 Å². The Morgan fingerprint density at radius 2 is 0.750 bits per heavy atom. The van der Waals surface area contributed by atoms with Gasteiger partial charge >= 0.3 is 12.2 Å². The van der Waals surface area contributed by atoms with Crippen molar-refractivity contribution >= 4 is 12.2 Å². The molecular formula is C30H26N2O4.